The number of nitrogens with one attached hydrogen (secondary N) is 5. The Morgan fingerprint density at radius 1 is 0.975 bits per heavy atom. The summed E-state index contributed by atoms with van der Waals surface area (Å²) >= 11 is 1.43. The monoisotopic (exact) mass is 1110 g/mol. The number of β-amino-alcohol motifs (C(OH)–C–C–N with tert-alkyl or cyclic N) is 1. The fourth-order valence-electron chi connectivity index (χ4n) is 9.45. The Balaban J connectivity index is 0.813. The van der Waals surface area contributed by atoms with Crippen molar-refractivity contribution < 1.29 is 57.7 Å². The Kier molecular flexibility index (Phi) is 19.3. The van der Waals surface area contributed by atoms with Crippen molar-refractivity contribution in [2.75, 3.05) is 39.8 Å². The maximum atomic E-state index is 14.7. The van der Waals surface area contributed by atoms with E-state index in [1.165, 1.54) is 40.3 Å². The number of fused-ring (bicyclic) bond motifs is 1. The molecule has 0 radical (unpaired) electrons. The molecule has 1 saturated carbocycles. The highest BCUT2D eigenvalue weighted by atomic mass is 32.1. The summed E-state index contributed by atoms with van der Waals surface area (Å²) in [5.41, 5.74) is 8.77. The third-order valence-electron chi connectivity index (χ3n) is 14.3. The predicted molar refractivity (Wildman–Crippen MR) is 292 cm³/mol. The Labute approximate surface area is 462 Å². The molecule has 1 unspecified atom stereocenters. The SMILES string of the molecule is Cc1ncsc1-c1ccc(CNC(=O)[C@@H]2C[C@@H](O)CN2C(=O)[C@@H](NC(=O)C2(F)CC2)C(C)(C)C)c(OCC(=O)NCCCCCC(=O)NCCN(C)C(=O)c2ccc(C(=O)C=C(N)C(=O)NC3CCc4ccccc43)cc2O)c1. The molecule has 7 rings (SSSR count). The number of hydrogen-bond acceptors (Lipinski definition) is 14. The zero-order chi connectivity index (χ0) is 57.2. The molecule has 2 fully saturated rings. The summed E-state index contributed by atoms with van der Waals surface area (Å²) in [5.74, 6) is -4.53. The number of phenols is 1. The van der Waals surface area contributed by atoms with Gasteiger partial charge in [0.1, 0.15) is 29.3 Å². The van der Waals surface area contributed by atoms with Crippen LogP contribution in [0.5, 0.6) is 11.5 Å². The topological polar surface area (TPSA) is 292 Å². The molecule has 7 amide bonds. The Morgan fingerprint density at radius 2 is 1.72 bits per heavy atom. The number of nitrogens with zero attached hydrogens (tertiary/aromatic N) is 3. The number of aromatic nitrogens is 1. The predicted octanol–water partition coefficient (Wildman–Crippen LogP) is 4.21. The van der Waals surface area contributed by atoms with Crippen molar-refractivity contribution in [2.45, 2.75) is 122 Å². The molecule has 422 valence electrons. The highest BCUT2D eigenvalue weighted by Gasteiger charge is 2.53. The number of unbranched alkanes of at least 4 members (excludes halogenated alkanes) is 2. The van der Waals surface area contributed by atoms with E-state index in [0.29, 0.717) is 43.5 Å². The van der Waals surface area contributed by atoms with Crippen LogP contribution in [0.3, 0.4) is 0 Å². The number of rotatable bonds is 24. The van der Waals surface area contributed by atoms with Gasteiger partial charge in [0.2, 0.25) is 17.7 Å². The van der Waals surface area contributed by atoms with Crippen molar-refractivity contribution in [3.05, 3.63) is 111 Å². The quantitative estimate of drug-likeness (QED) is 0.0278. The average Bonchev–Trinajstić information content (AvgIpc) is 3.69. The molecule has 2 aliphatic carbocycles. The number of allylic oxidation sites excluding steroid dienone is 1. The fourth-order valence-corrected chi connectivity index (χ4v) is 10.2. The maximum absolute atomic E-state index is 14.7. The van der Waals surface area contributed by atoms with Crippen molar-refractivity contribution in [3.63, 3.8) is 0 Å². The first kappa shape index (κ1) is 59.0. The lowest BCUT2D eigenvalue weighted by molar-refractivity contribution is -0.145. The molecule has 0 bridgehead atoms. The number of benzene rings is 3. The lowest BCUT2D eigenvalue weighted by Gasteiger charge is -2.35. The Morgan fingerprint density at radius 3 is 2.43 bits per heavy atom. The summed E-state index contributed by atoms with van der Waals surface area (Å²) in [6.07, 6.45) is 3.55. The molecule has 1 saturated heterocycles. The van der Waals surface area contributed by atoms with E-state index >= 15 is 0 Å². The van der Waals surface area contributed by atoms with Crippen molar-refractivity contribution >= 4 is 58.5 Å². The number of carbonyl (C=O) groups is 8. The van der Waals surface area contributed by atoms with Gasteiger partial charge in [0.15, 0.2) is 18.1 Å². The van der Waals surface area contributed by atoms with Gasteiger partial charge in [-0.05, 0) is 91.8 Å². The van der Waals surface area contributed by atoms with Crippen molar-refractivity contribution in [3.8, 4) is 21.9 Å². The first-order valence-electron chi connectivity index (χ1n) is 26.5. The molecular weight excluding hydrogens is 1040 g/mol. The summed E-state index contributed by atoms with van der Waals surface area (Å²) in [5, 5.41) is 35.2. The second-order valence-corrected chi connectivity index (χ2v) is 22.3. The number of ether oxygens (including phenoxy) is 1. The number of likely N-dealkylation sites (N-methyl/N-ethyl adjacent to an activating group) is 1. The van der Waals surface area contributed by atoms with Crippen molar-refractivity contribution in [2.24, 2.45) is 11.1 Å². The molecule has 20 nitrogen and oxygen atoms in total. The van der Waals surface area contributed by atoms with Gasteiger partial charge in [0.25, 0.3) is 23.6 Å². The van der Waals surface area contributed by atoms with E-state index in [1.807, 2.05) is 37.3 Å². The van der Waals surface area contributed by atoms with Crippen LogP contribution < -0.4 is 37.1 Å². The number of aromatic hydroxyl groups is 1. The molecule has 3 aliphatic rings. The van der Waals surface area contributed by atoms with Gasteiger partial charge in [0, 0.05) is 69.8 Å². The summed E-state index contributed by atoms with van der Waals surface area (Å²) in [4.78, 5) is 113. The van der Waals surface area contributed by atoms with Crippen LogP contribution >= 0.6 is 11.3 Å². The van der Waals surface area contributed by atoms with Gasteiger partial charge < -0.3 is 57.1 Å². The maximum Gasteiger partial charge on any atom is 0.267 e. The minimum Gasteiger partial charge on any atom is -0.507 e. The Hall–Kier alpha value is -7.72. The molecule has 4 atom stereocenters. The normalized spacial score (nSPS) is 17.7. The van der Waals surface area contributed by atoms with Crippen LogP contribution in [0.15, 0.2) is 77.9 Å². The number of thiazole rings is 1. The van der Waals surface area contributed by atoms with Crippen molar-refractivity contribution in [1.82, 2.24) is 41.4 Å². The average molecular weight is 1110 g/mol. The van der Waals surface area contributed by atoms with Crippen LogP contribution in [0.1, 0.15) is 121 Å². The number of aryl methyl sites for hydroxylation is 2. The van der Waals surface area contributed by atoms with E-state index in [4.69, 9.17) is 10.5 Å². The van der Waals surface area contributed by atoms with Gasteiger partial charge in [-0.15, -0.1) is 11.3 Å². The summed E-state index contributed by atoms with van der Waals surface area (Å²) in [7, 11) is 1.51. The highest BCUT2D eigenvalue weighted by molar-refractivity contribution is 7.13. The Bertz CT molecular complexity index is 2990. The molecule has 9 N–H and O–H groups in total. The first-order valence-corrected chi connectivity index (χ1v) is 27.3. The lowest BCUT2D eigenvalue weighted by Crippen LogP contribution is -2.59. The van der Waals surface area contributed by atoms with E-state index in [1.54, 1.807) is 38.4 Å². The molecule has 3 aromatic carbocycles. The van der Waals surface area contributed by atoms with Crippen molar-refractivity contribution in [1.29, 1.82) is 0 Å². The van der Waals surface area contributed by atoms with E-state index in [0.717, 1.165) is 45.8 Å². The minimum absolute atomic E-state index is 0.0252. The van der Waals surface area contributed by atoms with E-state index in [2.05, 4.69) is 31.6 Å². The van der Waals surface area contributed by atoms with Gasteiger partial charge >= 0.3 is 0 Å². The largest absolute Gasteiger partial charge is 0.507 e. The molecule has 79 heavy (non-hydrogen) atoms. The molecule has 4 aromatic rings. The number of halogens is 1. The van der Waals surface area contributed by atoms with Gasteiger partial charge in [-0.3, -0.25) is 38.4 Å². The van der Waals surface area contributed by atoms with Crippen LogP contribution in [-0.4, -0.2) is 136 Å². The molecular formula is C57H70FN9O11S. The van der Waals surface area contributed by atoms with Gasteiger partial charge in [-0.1, -0.05) is 63.6 Å². The highest BCUT2D eigenvalue weighted by Crippen LogP contribution is 2.41. The lowest BCUT2D eigenvalue weighted by atomic mass is 9.85. The number of likely N-dealkylation sites (tertiary alicyclic amines) is 1. The number of ketones is 1. The van der Waals surface area contributed by atoms with E-state index in [9.17, 15) is 53.0 Å². The minimum atomic E-state index is -2.01. The number of nitrogens with two attached hydrogens (primary N) is 1. The fraction of sp³-hybridized carbons (Fsp3) is 0.456. The number of aliphatic hydroxyl groups excluding tert-OH is 1. The van der Waals surface area contributed by atoms with Crippen LogP contribution in [0.2, 0.25) is 0 Å². The third-order valence-corrected chi connectivity index (χ3v) is 15.2. The van der Waals surface area contributed by atoms with E-state index in [-0.39, 0.29) is 87.2 Å². The summed E-state index contributed by atoms with van der Waals surface area (Å²) < 4.78 is 20.7. The van der Waals surface area contributed by atoms with Crippen LogP contribution in [0, 0.1) is 12.3 Å². The first-order chi connectivity index (χ1) is 37.5. The van der Waals surface area contributed by atoms with Gasteiger partial charge in [-0.25, -0.2) is 9.37 Å². The van der Waals surface area contributed by atoms with Crippen LogP contribution in [0.4, 0.5) is 4.39 Å². The smallest absolute Gasteiger partial charge is 0.267 e. The second kappa shape index (κ2) is 25.8. The zero-order valence-corrected chi connectivity index (χ0v) is 45.9. The number of hydrogen-bond donors (Lipinski definition) is 8. The zero-order valence-electron chi connectivity index (χ0n) is 45.1. The number of phenolic OH excluding ortho intramolecular Hbond substituents is 1. The summed E-state index contributed by atoms with van der Waals surface area (Å²) in [6, 6.07) is 14.5. The molecule has 0 spiro atoms. The second-order valence-electron chi connectivity index (χ2n) is 21.4. The van der Waals surface area contributed by atoms with Gasteiger partial charge in [-0.2, -0.15) is 0 Å². The van der Waals surface area contributed by atoms with Crippen LogP contribution in [-0.2, 0) is 41.7 Å². The summed E-state index contributed by atoms with van der Waals surface area (Å²) in [6.45, 7) is 7.07. The molecule has 1 aliphatic heterocycles. The molecule has 22 heteroatoms. The number of carbonyl (C=O) groups excluding carboxylic acids is 8. The molecule has 1 aromatic heterocycles. The third kappa shape index (κ3) is 15.3. The molecule has 2 heterocycles. The number of aliphatic hydroxyl groups is 1. The number of amides is 7. The standard InChI is InChI=1S/C57H70FN9O11S/c1-33-49(79-32-63-33)36-14-15-37(29-62-52(74)43-27-38(68)30-67(43)54(76)50(56(2,3)4)65-55(77)57(58)20-21-57)46(26-36)78-31-48(72)60-22-10-6-7-13-47(71)61-23-24-66(5)53(75)40-18-16-35(25-45(40)70)44(69)28-41(59)51(73)64-42-19-17-34-11-8-9-12-39(34)42/h8-9,11-12,14-16,18,25-26,28,32,38,42-43,50,68,70H,6-7,10,13,17,19-24,27,29-31,59H2,1-5H3,(H,60,72)(H,61,71)(H,62,74)(H,64,73)(H,65,77)/t38-,42?,43+,50-/m1/s1. The number of alkyl halides is 1. The van der Waals surface area contributed by atoms with Crippen LogP contribution in [0.25, 0.3) is 10.4 Å². The van der Waals surface area contributed by atoms with Gasteiger partial charge in [0.05, 0.1) is 33.8 Å². The van der Waals surface area contributed by atoms with E-state index < -0.39 is 76.2 Å².